The van der Waals surface area contributed by atoms with Crippen molar-refractivity contribution in [1.82, 2.24) is 25.7 Å². The summed E-state index contributed by atoms with van der Waals surface area (Å²) in [5.74, 6) is -11.3. The Bertz CT molecular complexity index is 1890. The van der Waals surface area contributed by atoms with Crippen LogP contribution < -0.4 is 16.0 Å². The van der Waals surface area contributed by atoms with Crippen LogP contribution in [0.5, 0.6) is 0 Å². The fourth-order valence-electron chi connectivity index (χ4n) is 6.44. The fourth-order valence-corrected chi connectivity index (χ4v) is 6.91. The van der Waals surface area contributed by atoms with Crippen LogP contribution in [0.4, 0.5) is 35.1 Å². The lowest BCUT2D eigenvalue weighted by Crippen LogP contribution is -2.47. The number of nitrogens with one attached hydrogen (secondary N) is 3. The maximum Gasteiger partial charge on any atom is 0.290 e. The summed E-state index contributed by atoms with van der Waals surface area (Å²) in [4.78, 5) is 30.7. The first-order valence-corrected chi connectivity index (χ1v) is 16.2. The molecule has 3 N–H and O–H groups in total. The molecule has 17 heteroatoms. The second-order valence-electron chi connectivity index (χ2n) is 11.9. The maximum atomic E-state index is 15.0. The van der Waals surface area contributed by atoms with Crippen LogP contribution in [0.25, 0.3) is 5.57 Å². The zero-order valence-electron chi connectivity index (χ0n) is 25.8. The molecule has 260 valence electrons. The molecule has 3 aliphatic rings. The summed E-state index contributed by atoms with van der Waals surface area (Å²) < 4.78 is 116. The number of thioether (sulfide) groups is 1. The molecule has 0 spiro atoms. The van der Waals surface area contributed by atoms with Gasteiger partial charge in [-0.2, -0.15) is 13.9 Å². The van der Waals surface area contributed by atoms with Gasteiger partial charge in [-0.15, -0.1) is 0 Å². The minimum absolute atomic E-state index is 0.0771. The highest BCUT2D eigenvalue weighted by atomic mass is 32.2. The number of fused-ring (bicyclic) bond motifs is 2. The number of amidine groups is 1. The predicted octanol–water partition coefficient (Wildman–Crippen LogP) is 6.17. The molecular formula is C32H28F8N6O2S. The number of rotatable bonds is 8. The highest BCUT2D eigenvalue weighted by Crippen LogP contribution is 2.52. The van der Waals surface area contributed by atoms with Gasteiger partial charge in [0.25, 0.3) is 24.2 Å². The van der Waals surface area contributed by atoms with Gasteiger partial charge < -0.3 is 16.0 Å². The Hall–Kier alpha value is -4.41. The van der Waals surface area contributed by atoms with Crippen molar-refractivity contribution in [2.75, 3.05) is 6.26 Å². The van der Waals surface area contributed by atoms with E-state index in [9.17, 15) is 35.9 Å². The number of nitrogens with zero attached hydrogens (tertiary/aromatic N) is 3. The van der Waals surface area contributed by atoms with Crippen molar-refractivity contribution in [3.05, 3.63) is 92.9 Å². The summed E-state index contributed by atoms with van der Waals surface area (Å²) in [6.45, 7) is 0.905. The normalized spacial score (nSPS) is 19.9. The van der Waals surface area contributed by atoms with Crippen molar-refractivity contribution in [2.45, 2.75) is 69.6 Å². The Morgan fingerprint density at radius 3 is 2.45 bits per heavy atom. The van der Waals surface area contributed by atoms with E-state index < -0.39 is 84.2 Å². The molecule has 8 nitrogen and oxygen atoms in total. The van der Waals surface area contributed by atoms with E-state index in [1.807, 2.05) is 0 Å². The molecule has 49 heavy (non-hydrogen) atoms. The first-order valence-electron chi connectivity index (χ1n) is 15.0. The molecule has 0 fully saturated rings. The molecule has 0 saturated carbocycles. The first kappa shape index (κ1) is 34.5. The minimum Gasteiger partial charge on any atom is -0.348 e. The minimum atomic E-state index is -4.04. The zero-order valence-corrected chi connectivity index (χ0v) is 26.6. The molecule has 0 radical (unpaired) electrons. The van der Waals surface area contributed by atoms with E-state index >= 15 is 8.78 Å². The summed E-state index contributed by atoms with van der Waals surface area (Å²) >= 11 is 1.21. The van der Waals surface area contributed by atoms with Crippen molar-refractivity contribution < 1.29 is 44.7 Å². The number of amides is 2. The van der Waals surface area contributed by atoms with Crippen molar-refractivity contribution in [3.8, 4) is 0 Å². The smallest absolute Gasteiger partial charge is 0.290 e. The molecule has 2 aromatic carbocycles. The van der Waals surface area contributed by atoms with Crippen molar-refractivity contribution in [3.63, 3.8) is 0 Å². The quantitative estimate of drug-likeness (QED) is 0.243. The number of alkyl halides is 6. The number of aromatic nitrogens is 2. The molecule has 2 amide bonds. The van der Waals surface area contributed by atoms with Crippen molar-refractivity contribution in [2.24, 2.45) is 4.99 Å². The number of benzene rings is 2. The first-order chi connectivity index (χ1) is 23.1. The van der Waals surface area contributed by atoms with Crippen LogP contribution in [0, 0.1) is 11.6 Å². The lowest BCUT2D eigenvalue weighted by molar-refractivity contribution is -0.123. The molecule has 0 saturated heterocycles. The number of carbonyl (C=O) groups excluding carboxylic acids is 2. The molecule has 3 aromatic rings. The van der Waals surface area contributed by atoms with E-state index in [1.54, 1.807) is 31.4 Å². The molecule has 6 rings (SSSR count). The van der Waals surface area contributed by atoms with E-state index in [2.05, 4.69) is 26.0 Å². The fraction of sp³-hybridized carbons (Fsp3) is 0.375. The summed E-state index contributed by atoms with van der Waals surface area (Å²) in [7, 11) is 0. The third kappa shape index (κ3) is 6.64. The molecule has 1 aliphatic carbocycles. The third-order valence-electron chi connectivity index (χ3n) is 8.55. The molecule has 1 aromatic heterocycles. The lowest BCUT2D eigenvalue weighted by Gasteiger charge is -2.32. The van der Waals surface area contributed by atoms with Crippen LogP contribution in [-0.4, -0.2) is 45.1 Å². The molecular weight excluding hydrogens is 684 g/mol. The van der Waals surface area contributed by atoms with Gasteiger partial charge in [-0.1, -0.05) is 23.9 Å². The van der Waals surface area contributed by atoms with Gasteiger partial charge in [0.2, 0.25) is 5.91 Å². The van der Waals surface area contributed by atoms with Crippen molar-refractivity contribution in [1.29, 1.82) is 0 Å². The van der Waals surface area contributed by atoms with Crippen LogP contribution in [0.3, 0.4) is 0 Å². The Labute approximate surface area is 278 Å². The highest BCUT2D eigenvalue weighted by Gasteiger charge is 2.55. The summed E-state index contributed by atoms with van der Waals surface area (Å²) in [6.07, 6.45) is -4.94. The van der Waals surface area contributed by atoms with Crippen LogP contribution in [0.1, 0.15) is 70.2 Å². The van der Waals surface area contributed by atoms with Crippen LogP contribution in [0.15, 0.2) is 47.1 Å². The Morgan fingerprint density at radius 1 is 1.08 bits per heavy atom. The van der Waals surface area contributed by atoms with E-state index in [0.29, 0.717) is 34.5 Å². The number of halogens is 8. The van der Waals surface area contributed by atoms with Crippen molar-refractivity contribution >= 4 is 34.3 Å². The predicted molar refractivity (Wildman–Crippen MR) is 164 cm³/mol. The van der Waals surface area contributed by atoms with E-state index in [-0.39, 0.29) is 28.3 Å². The molecule has 2 atom stereocenters. The van der Waals surface area contributed by atoms with E-state index in [4.69, 9.17) is 0 Å². The van der Waals surface area contributed by atoms with Gasteiger partial charge in [-0.3, -0.25) is 19.3 Å². The second kappa shape index (κ2) is 12.8. The Morgan fingerprint density at radius 2 is 1.78 bits per heavy atom. The average molecular weight is 713 g/mol. The van der Waals surface area contributed by atoms with Gasteiger partial charge in [-0.25, -0.2) is 26.3 Å². The third-order valence-corrected chi connectivity index (χ3v) is 9.14. The standard InChI is InChI=1S/C32H28F8N6O2S/c1-14-23(16-3-4-17-12-41-29(48)20(17)10-16)25(44-30(42-14)49-2)21(9-15-7-18(33)11-19(34)8-15)43-22(47)13-46-27-24(26(45-46)28(35)36)31(37,38)5-6-32(27,39)40/h3-4,7-8,10-11,14,21,28H,5-6,9,12-13H2,1-2H3,(H,41,48)(H,42,44)(H,43,47)/t14?,21-/m0/s1. The van der Waals surface area contributed by atoms with Crippen LogP contribution >= 0.6 is 11.8 Å². The van der Waals surface area contributed by atoms with Gasteiger partial charge in [0, 0.05) is 42.3 Å². The molecule has 0 bridgehead atoms. The van der Waals surface area contributed by atoms with E-state index in [0.717, 1.165) is 17.7 Å². The Kier molecular flexibility index (Phi) is 9.00. The average Bonchev–Trinajstić information content (AvgIpc) is 3.60. The molecule has 3 heterocycles. The van der Waals surface area contributed by atoms with E-state index in [1.165, 1.54) is 11.8 Å². The van der Waals surface area contributed by atoms with Gasteiger partial charge in [0.15, 0.2) is 5.17 Å². The molecule has 1 unspecified atom stereocenters. The summed E-state index contributed by atoms with van der Waals surface area (Å²) in [5.41, 5.74) is -2.14. The maximum absolute atomic E-state index is 15.0. The Balaban J connectivity index is 1.44. The van der Waals surface area contributed by atoms with Gasteiger partial charge in [-0.05, 0) is 54.5 Å². The lowest BCUT2D eigenvalue weighted by atomic mass is 9.89. The number of aliphatic imine (C=N–C) groups is 1. The number of carbonyl (C=O) groups is 2. The largest absolute Gasteiger partial charge is 0.348 e. The highest BCUT2D eigenvalue weighted by molar-refractivity contribution is 8.13. The van der Waals surface area contributed by atoms with Gasteiger partial charge >= 0.3 is 0 Å². The van der Waals surface area contributed by atoms with Gasteiger partial charge in [0.05, 0.1) is 17.6 Å². The van der Waals surface area contributed by atoms with Crippen LogP contribution in [0.2, 0.25) is 0 Å². The van der Waals surface area contributed by atoms with Gasteiger partial charge in [0.1, 0.15) is 29.6 Å². The SMILES string of the molecule is CSC1=NC(C)C(c2ccc3c(c2)C(=O)NC3)=C([C@H](Cc2cc(F)cc(F)c2)NC(=O)Cn2nc(C(F)F)c3c2C(F)(F)CCC3(F)F)N1. The molecule has 2 aliphatic heterocycles. The zero-order chi connectivity index (χ0) is 35.4. The second-order valence-corrected chi connectivity index (χ2v) is 12.7. The monoisotopic (exact) mass is 712 g/mol. The summed E-state index contributed by atoms with van der Waals surface area (Å²) in [5, 5.41) is 12.2. The number of hydrogen-bond donors (Lipinski definition) is 3. The topological polar surface area (TPSA) is 100 Å². The summed E-state index contributed by atoms with van der Waals surface area (Å²) in [6, 6.07) is 6.01. The van der Waals surface area contributed by atoms with Crippen LogP contribution in [-0.2, 0) is 36.1 Å². The number of hydrogen-bond acceptors (Lipinski definition) is 6.